The third kappa shape index (κ3) is 2.76. The maximum atomic E-state index is 12.2. The minimum atomic E-state index is -0.386. The highest BCUT2D eigenvalue weighted by molar-refractivity contribution is 5.95. The van der Waals surface area contributed by atoms with E-state index in [9.17, 15) is 4.79 Å². The summed E-state index contributed by atoms with van der Waals surface area (Å²) in [6.07, 6.45) is 1.41. The molecule has 2 aromatic rings. The van der Waals surface area contributed by atoms with Crippen molar-refractivity contribution in [2.45, 2.75) is 0 Å². The molecule has 0 bridgehead atoms. The first-order chi connectivity index (χ1) is 9.76. The minimum Gasteiger partial charge on any atom is -0.312 e. The lowest BCUT2D eigenvalue weighted by Gasteiger charge is -2.16. The third-order valence-electron chi connectivity index (χ3n) is 2.52. The van der Waals surface area contributed by atoms with Crippen molar-refractivity contribution in [1.82, 2.24) is 25.1 Å². The Labute approximate surface area is 114 Å². The molecule has 1 amide bonds. The van der Waals surface area contributed by atoms with E-state index in [1.807, 2.05) is 12.1 Å². The Kier molecular flexibility index (Phi) is 4.00. The smallest absolute Gasteiger partial charge is 0.255 e. The van der Waals surface area contributed by atoms with Crippen LogP contribution in [0.3, 0.4) is 0 Å². The van der Waals surface area contributed by atoms with Crippen LogP contribution in [0.5, 0.6) is 0 Å². The van der Waals surface area contributed by atoms with E-state index in [-0.39, 0.29) is 19.0 Å². The molecule has 8 heteroatoms. The number of carbonyl (C=O) groups excluding carboxylic acids is 1. The van der Waals surface area contributed by atoms with E-state index in [1.165, 1.54) is 15.9 Å². The zero-order valence-corrected chi connectivity index (χ0v) is 10.3. The van der Waals surface area contributed by atoms with Gasteiger partial charge in [-0.2, -0.15) is 10.5 Å². The molecule has 0 spiro atoms. The second-order valence-electron chi connectivity index (χ2n) is 3.78. The van der Waals surface area contributed by atoms with Gasteiger partial charge in [-0.15, -0.1) is 5.10 Å². The number of nitriles is 2. The third-order valence-corrected chi connectivity index (χ3v) is 2.52. The van der Waals surface area contributed by atoms with Crippen molar-refractivity contribution in [2.24, 2.45) is 0 Å². The fourth-order valence-corrected chi connectivity index (χ4v) is 1.61. The van der Waals surface area contributed by atoms with Gasteiger partial charge < -0.3 is 4.90 Å². The van der Waals surface area contributed by atoms with Gasteiger partial charge in [-0.25, -0.2) is 4.68 Å². The average Bonchev–Trinajstić information content (AvgIpc) is 3.01. The Morgan fingerprint density at radius 2 is 2.05 bits per heavy atom. The molecule has 0 aliphatic carbocycles. The quantitative estimate of drug-likeness (QED) is 0.729. The van der Waals surface area contributed by atoms with Crippen LogP contribution < -0.4 is 0 Å². The first-order valence-corrected chi connectivity index (χ1v) is 5.63. The minimum absolute atomic E-state index is 0.137. The Balaban J connectivity index is 2.29. The number of tetrazole rings is 1. The summed E-state index contributed by atoms with van der Waals surface area (Å²) in [5.74, 6) is -0.386. The van der Waals surface area contributed by atoms with Crippen LogP contribution in [0.4, 0.5) is 0 Å². The van der Waals surface area contributed by atoms with Crippen LogP contribution in [-0.2, 0) is 0 Å². The Morgan fingerprint density at radius 1 is 1.30 bits per heavy atom. The molecule has 1 aromatic carbocycles. The predicted molar refractivity (Wildman–Crippen MR) is 66.3 cm³/mol. The summed E-state index contributed by atoms with van der Waals surface area (Å²) >= 11 is 0. The first-order valence-electron chi connectivity index (χ1n) is 5.63. The predicted octanol–water partition coefficient (Wildman–Crippen LogP) is 0.152. The van der Waals surface area contributed by atoms with Gasteiger partial charge in [0.15, 0.2) is 0 Å². The molecule has 0 unspecified atom stereocenters. The van der Waals surface area contributed by atoms with Gasteiger partial charge in [0.05, 0.1) is 17.8 Å². The van der Waals surface area contributed by atoms with Crippen LogP contribution in [-0.4, -0.2) is 44.1 Å². The van der Waals surface area contributed by atoms with Gasteiger partial charge in [-0.3, -0.25) is 4.79 Å². The van der Waals surface area contributed by atoms with E-state index in [1.54, 1.807) is 24.3 Å². The normalized spacial score (nSPS) is 9.50. The zero-order chi connectivity index (χ0) is 14.4. The zero-order valence-electron chi connectivity index (χ0n) is 10.3. The molecule has 1 heterocycles. The molecule has 1 aromatic heterocycles. The molecule has 0 aliphatic rings. The monoisotopic (exact) mass is 267 g/mol. The fraction of sp³-hybridized carbons (Fsp3) is 0.167. The number of nitrogens with zero attached hydrogens (tertiary/aromatic N) is 7. The largest absolute Gasteiger partial charge is 0.312 e. The van der Waals surface area contributed by atoms with Crippen LogP contribution in [0.25, 0.3) is 5.69 Å². The number of aromatic nitrogens is 4. The number of amides is 1. The van der Waals surface area contributed by atoms with Crippen molar-refractivity contribution >= 4 is 5.91 Å². The van der Waals surface area contributed by atoms with Crippen molar-refractivity contribution < 1.29 is 4.79 Å². The van der Waals surface area contributed by atoms with Crippen LogP contribution in [0, 0.1) is 22.7 Å². The van der Waals surface area contributed by atoms with E-state index >= 15 is 0 Å². The molecule has 0 radical (unpaired) electrons. The Morgan fingerprint density at radius 3 is 2.65 bits per heavy atom. The van der Waals surface area contributed by atoms with E-state index in [4.69, 9.17) is 10.5 Å². The van der Waals surface area contributed by atoms with E-state index in [0.29, 0.717) is 11.3 Å². The summed E-state index contributed by atoms with van der Waals surface area (Å²) in [4.78, 5) is 13.4. The molecule has 0 atom stereocenters. The van der Waals surface area contributed by atoms with E-state index < -0.39 is 0 Å². The molecule has 0 saturated heterocycles. The van der Waals surface area contributed by atoms with Crippen molar-refractivity contribution in [3.8, 4) is 17.8 Å². The van der Waals surface area contributed by atoms with Crippen LogP contribution in [0.1, 0.15) is 10.4 Å². The summed E-state index contributed by atoms with van der Waals surface area (Å²) in [7, 11) is 0. The van der Waals surface area contributed by atoms with E-state index in [2.05, 4.69) is 15.5 Å². The molecule has 20 heavy (non-hydrogen) atoms. The standard InChI is InChI=1S/C12H9N7O/c13-4-6-18(7-5-14)12(20)10-2-1-3-11(8-10)19-9-15-16-17-19/h1-3,8-9H,6-7H2. The molecule has 0 aliphatic heterocycles. The summed E-state index contributed by atoms with van der Waals surface area (Å²) in [5.41, 5.74) is 0.984. The Hall–Kier alpha value is -3.26. The lowest BCUT2D eigenvalue weighted by atomic mass is 10.1. The number of rotatable bonds is 4. The number of hydrogen-bond acceptors (Lipinski definition) is 6. The average molecular weight is 267 g/mol. The van der Waals surface area contributed by atoms with Crippen molar-refractivity contribution in [2.75, 3.05) is 13.1 Å². The van der Waals surface area contributed by atoms with Crippen LogP contribution in [0.15, 0.2) is 30.6 Å². The highest BCUT2D eigenvalue weighted by Crippen LogP contribution is 2.11. The van der Waals surface area contributed by atoms with Gasteiger partial charge in [0.25, 0.3) is 5.91 Å². The van der Waals surface area contributed by atoms with Crippen molar-refractivity contribution in [1.29, 1.82) is 10.5 Å². The molecule has 2 rings (SSSR count). The van der Waals surface area contributed by atoms with Gasteiger partial charge in [0.1, 0.15) is 19.4 Å². The summed E-state index contributed by atoms with van der Waals surface area (Å²) < 4.78 is 1.41. The van der Waals surface area contributed by atoms with Gasteiger partial charge in [0.2, 0.25) is 0 Å². The van der Waals surface area contributed by atoms with Gasteiger partial charge in [-0.05, 0) is 28.6 Å². The summed E-state index contributed by atoms with van der Waals surface area (Å²) in [6, 6.07) is 10.4. The van der Waals surface area contributed by atoms with Crippen LogP contribution in [0.2, 0.25) is 0 Å². The molecule has 0 fully saturated rings. The van der Waals surface area contributed by atoms with Gasteiger partial charge in [0, 0.05) is 5.56 Å². The summed E-state index contributed by atoms with van der Waals surface area (Å²) in [5, 5.41) is 28.1. The van der Waals surface area contributed by atoms with Crippen molar-refractivity contribution in [3.05, 3.63) is 36.2 Å². The molecule has 0 N–H and O–H groups in total. The summed E-state index contributed by atoms with van der Waals surface area (Å²) in [6.45, 7) is -0.275. The second kappa shape index (κ2) is 6.07. The maximum Gasteiger partial charge on any atom is 0.255 e. The lowest BCUT2D eigenvalue weighted by molar-refractivity contribution is 0.0794. The number of carbonyl (C=O) groups is 1. The van der Waals surface area contributed by atoms with E-state index in [0.717, 1.165) is 0 Å². The van der Waals surface area contributed by atoms with Crippen LogP contribution >= 0.6 is 0 Å². The van der Waals surface area contributed by atoms with Crippen molar-refractivity contribution in [3.63, 3.8) is 0 Å². The molecule has 0 saturated carbocycles. The first kappa shape index (κ1) is 13.2. The second-order valence-corrected chi connectivity index (χ2v) is 3.78. The number of benzene rings is 1. The highest BCUT2D eigenvalue weighted by atomic mass is 16.2. The SMILES string of the molecule is N#CCN(CC#N)C(=O)c1cccc(-n2cnnn2)c1. The maximum absolute atomic E-state index is 12.2. The molecule has 98 valence electrons. The van der Waals surface area contributed by atoms with Gasteiger partial charge in [-0.1, -0.05) is 6.07 Å². The Bertz CT molecular complexity index is 665. The molecular weight excluding hydrogens is 258 g/mol. The lowest BCUT2D eigenvalue weighted by Crippen LogP contribution is -2.31. The fourth-order valence-electron chi connectivity index (χ4n) is 1.61. The number of hydrogen-bond donors (Lipinski definition) is 0. The highest BCUT2D eigenvalue weighted by Gasteiger charge is 2.15. The molecule has 8 nitrogen and oxygen atoms in total. The van der Waals surface area contributed by atoms with Gasteiger partial charge >= 0.3 is 0 Å². The topological polar surface area (TPSA) is 111 Å². The molecular formula is C12H9N7O.